The van der Waals surface area contributed by atoms with Gasteiger partial charge in [0.05, 0.1) is 6.42 Å². The molecule has 0 bridgehead atoms. The van der Waals surface area contributed by atoms with Crippen molar-refractivity contribution in [3.8, 4) is 0 Å². The number of hydrogen-bond donors (Lipinski definition) is 0. The van der Waals surface area contributed by atoms with Crippen LogP contribution < -0.4 is 0 Å². The molecule has 0 aliphatic rings. The summed E-state index contributed by atoms with van der Waals surface area (Å²) in [6.07, 6.45) is 0.757. The van der Waals surface area contributed by atoms with Crippen LogP contribution in [0.15, 0.2) is 27.1 Å². The van der Waals surface area contributed by atoms with Crippen LogP contribution in [0.3, 0.4) is 0 Å². The Kier molecular flexibility index (Phi) is 5.35. The molecule has 4 heteroatoms. The van der Waals surface area contributed by atoms with E-state index in [4.69, 9.17) is 0 Å². The third-order valence-corrected chi connectivity index (χ3v) is 3.45. The fraction of sp³-hybridized carbons (Fsp3) is 0.333. The highest BCUT2D eigenvalue weighted by Gasteiger charge is 2.10. The molecule has 0 fully saturated rings. The Hall–Kier alpha value is -0.480. The molecule has 1 aromatic rings. The third kappa shape index (κ3) is 4.18. The van der Waals surface area contributed by atoms with Crippen molar-refractivity contribution in [3.63, 3.8) is 0 Å². The largest absolute Gasteiger partial charge is 0.299 e. The lowest BCUT2D eigenvalue weighted by Crippen LogP contribution is -2.09. The Morgan fingerprint density at radius 1 is 1.19 bits per heavy atom. The normalized spacial score (nSPS) is 10.2. The molecule has 0 radical (unpaired) electrons. The van der Waals surface area contributed by atoms with Crippen LogP contribution >= 0.6 is 31.9 Å². The Labute approximate surface area is 112 Å². The van der Waals surface area contributed by atoms with E-state index in [1.54, 1.807) is 6.92 Å². The van der Waals surface area contributed by atoms with Crippen LogP contribution in [0.5, 0.6) is 0 Å². The Bertz CT molecular complexity index is 413. The van der Waals surface area contributed by atoms with Crippen LogP contribution in [-0.2, 0) is 16.0 Å². The van der Waals surface area contributed by atoms with Gasteiger partial charge in [-0.15, -0.1) is 0 Å². The highest BCUT2D eigenvalue weighted by Crippen LogP contribution is 2.22. The minimum atomic E-state index is -0.0364. The number of carbonyl (C=O) groups excluding carboxylic acids is 2. The minimum absolute atomic E-state index is 0.00359. The van der Waals surface area contributed by atoms with Crippen LogP contribution in [0.2, 0.25) is 0 Å². The molecule has 0 atom stereocenters. The van der Waals surface area contributed by atoms with Gasteiger partial charge < -0.3 is 0 Å². The van der Waals surface area contributed by atoms with Gasteiger partial charge in [0.2, 0.25) is 0 Å². The topological polar surface area (TPSA) is 34.1 Å². The van der Waals surface area contributed by atoms with Gasteiger partial charge >= 0.3 is 0 Å². The van der Waals surface area contributed by atoms with Crippen LogP contribution in [-0.4, -0.2) is 11.6 Å². The van der Waals surface area contributed by atoms with Crippen LogP contribution in [0, 0.1) is 0 Å². The second-order valence-corrected chi connectivity index (χ2v) is 5.29. The maximum Gasteiger partial charge on any atom is 0.144 e. The second-order valence-electron chi connectivity index (χ2n) is 3.52. The Morgan fingerprint density at radius 2 is 1.88 bits per heavy atom. The lowest BCUT2D eigenvalue weighted by Gasteiger charge is -2.04. The summed E-state index contributed by atoms with van der Waals surface area (Å²) in [7, 11) is 0. The zero-order valence-corrected chi connectivity index (χ0v) is 12.1. The lowest BCUT2D eigenvalue weighted by atomic mass is 10.0. The van der Waals surface area contributed by atoms with Gasteiger partial charge in [-0.1, -0.05) is 38.8 Å². The van der Waals surface area contributed by atoms with Crippen molar-refractivity contribution in [2.45, 2.75) is 26.2 Å². The average molecular weight is 348 g/mol. The summed E-state index contributed by atoms with van der Waals surface area (Å²) in [5.74, 6) is -0.0400. The molecular formula is C12H12Br2O2. The van der Waals surface area contributed by atoms with E-state index in [1.807, 2.05) is 18.2 Å². The molecule has 0 aliphatic heterocycles. The summed E-state index contributed by atoms with van der Waals surface area (Å²) in [5.41, 5.74) is 0.906. The predicted molar refractivity (Wildman–Crippen MR) is 70.5 cm³/mol. The minimum Gasteiger partial charge on any atom is -0.299 e. The van der Waals surface area contributed by atoms with Gasteiger partial charge in [0.15, 0.2) is 0 Å². The van der Waals surface area contributed by atoms with Gasteiger partial charge in [-0.3, -0.25) is 9.59 Å². The SMILES string of the molecule is CCC(=O)CC(=O)Cc1cc(Br)ccc1Br. The van der Waals surface area contributed by atoms with E-state index < -0.39 is 0 Å². The zero-order valence-electron chi connectivity index (χ0n) is 8.93. The number of Topliss-reactive ketones (excluding diaryl/α,β-unsaturated/α-hetero) is 2. The van der Waals surface area contributed by atoms with Crippen molar-refractivity contribution in [3.05, 3.63) is 32.7 Å². The molecule has 1 rings (SSSR count). The fourth-order valence-electron chi connectivity index (χ4n) is 1.30. The average Bonchev–Trinajstić information content (AvgIpc) is 2.23. The first kappa shape index (κ1) is 13.6. The van der Waals surface area contributed by atoms with E-state index in [2.05, 4.69) is 31.9 Å². The summed E-state index contributed by atoms with van der Waals surface area (Å²) in [6, 6.07) is 5.67. The molecule has 0 saturated carbocycles. The van der Waals surface area contributed by atoms with Crippen molar-refractivity contribution >= 4 is 43.4 Å². The van der Waals surface area contributed by atoms with Gasteiger partial charge in [0.1, 0.15) is 11.6 Å². The van der Waals surface area contributed by atoms with Gasteiger partial charge in [-0.25, -0.2) is 0 Å². The van der Waals surface area contributed by atoms with E-state index in [-0.39, 0.29) is 18.0 Å². The van der Waals surface area contributed by atoms with E-state index in [9.17, 15) is 9.59 Å². The molecule has 0 spiro atoms. The molecule has 0 aliphatic carbocycles. The molecule has 0 N–H and O–H groups in total. The van der Waals surface area contributed by atoms with Crippen molar-refractivity contribution in [1.29, 1.82) is 0 Å². The van der Waals surface area contributed by atoms with Gasteiger partial charge in [-0.2, -0.15) is 0 Å². The Balaban J connectivity index is 2.69. The fourth-order valence-corrected chi connectivity index (χ4v) is 2.09. The summed E-state index contributed by atoms with van der Waals surface area (Å²) in [4.78, 5) is 22.7. The van der Waals surface area contributed by atoms with Gasteiger partial charge in [-0.05, 0) is 23.8 Å². The van der Waals surface area contributed by atoms with Gasteiger partial charge in [0, 0.05) is 21.8 Å². The van der Waals surface area contributed by atoms with E-state index in [0.29, 0.717) is 12.8 Å². The van der Waals surface area contributed by atoms with E-state index in [0.717, 1.165) is 14.5 Å². The molecule has 1 aromatic carbocycles. The number of benzene rings is 1. The maximum absolute atomic E-state index is 11.6. The number of ketones is 2. The van der Waals surface area contributed by atoms with Crippen molar-refractivity contribution < 1.29 is 9.59 Å². The molecular weight excluding hydrogens is 336 g/mol. The summed E-state index contributed by atoms with van der Waals surface area (Å²) < 4.78 is 1.83. The molecule has 0 unspecified atom stereocenters. The number of carbonyl (C=O) groups is 2. The Morgan fingerprint density at radius 3 is 2.50 bits per heavy atom. The maximum atomic E-state index is 11.6. The smallest absolute Gasteiger partial charge is 0.144 e. The highest BCUT2D eigenvalue weighted by molar-refractivity contribution is 9.11. The first-order valence-corrected chi connectivity index (χ1v) is 6.59. The first-order chi connectivity index (χ1) is 7.52. The van der Waals surface area contributed by atoms with Crippen LogP contribution in [0.4, 0.5) is 0 Å². The first-order valence-electron chi connectivity index (χ1n) is 5.00. The molecule has 0 amide bonds. The summed E-state index contributed by atoms with van der Waals surface area (Å²) in [5, 5.41) is 0. The van der Waals surface area contributed by atoms with Crippen LogP contribution in [0.25, 0.3) is 0 Å². The standard InChI is InChI=1S/C12H12Br2O2/c1-2-10(15)7-11(16)6-8-5-9(13)3-4-12(8)14/h3-5H,2,6-7H2,1H3. The zero-order chi connectivity index (χ0) is 12.1. The quantitative estimate of drug-likeness (QED) is 0.761. The molecule has 0 heterocycles. The van der Waals surface area contributed by atoms with E-state index >= 15 is 0 Å². The third-order valence-electron chi connectivity index (χ3n) is 2.18. The van der Waals surface area contributed by atoms with E-state index in [1.165, 1.54) is 0 Å². The highest BCUT2D eigenvalue weighted by atomic mass is 79.9. The molecule has 0 saturated heterocycles. The van der Waals surface area contributed by atoms with Crippen molar-refractivity contribution in [2.75, 3.05) is 0 Å². The summed E-state index contributed by atoms with van der Waals surface area (Å²) >= 11 is 6.74. The van der Waals surface area contributed by atoms with Crippen molar-refractivity contribution in [1.82, 2.24) is 0 Å². The predicted octanol–water partition coefficient (Wildman–Crippen LogP) is 3.69. The van der Waals surface area contributed by atoms with Crippen molar-refractivity contribution in [2.24, 2.45) is 0 Å². The molecule has 86 valence electrons. The van der Waals surface area contributed by atoms with Crippen LogP contribution in [0.1, 0.15) is 25.3 Å². The second kappa shape index (κ2) is 6.30. The molecule has 2 nitrogen and oxygen atoms in total. The number of rotatable bonds is 5. The lowest BCUT2D eigenvalue weighted by molar-refractivity contribution is -0.126. The number of hydrogen-bond acceptors (Lipinski definition) is 2. The monoisotopic (exact) mass is 346 g/mol. The van der Waals surface area contributed by atoms with Gasteiger partial charge in [0.25, 0.3) is 0 Å². The number of halogens is 2. The summed E-state index contributed by atoms with van der Waals surface area (Å²) in [6.45, 7) is 1.77. The molecule has 16 heavy (non-hydrogen) atoms. The molecule has 0 aromatic heterocycles.